The Morgan fingerprint density at radius 3 is 2.58 bits per heavy atom. The first-order valence-electron chi connectivity index (χ1n) is 9.58. The summed E-state index contributed by atoms with van der Waals surface area (Å²) in [5.74, 6) is -1.39. The summed E-state index contributed by atoms with van der Waals surface area (Å²) >= 11 is 7.34. The lowest BCUT2D eigenvalue weighted by Gasteiger charge is -2.03. The summed E-state index contributed by atoms with van der Waals surface area (Å²) in [5.41, 5.74) is 3.55. The zero-order valence-electron chi connectivity index (χ0n) is 16.3. The summed E-state index contributed by atoms with van der Waals surface area (Å²) in [6.07, 6.45) is 1.04. The van der Waals surface area contributed by atoms with Crippen LogP contribution in [0.5, 0.6) is 0 Å². The molecule has 1 aromatic heterocycles. The van der Waals surface area contributed by atoms with E-state index in [0.29, 0.717) is 12.8 Å². The zero-order valence-corrected chi connectivity index (χ0v) is 17.8. The molecule has 0 radical (unpaired) electrons. The van der Waals surface area contributed by atoms with E-state index in [1.54, 1.807) is 24.3 Å². The Kier molecular flexibility index (Phi) is 6.11. The number of thiazole rings is 1. The molecule has 0 aliphatic carbocycles. The number of ketones is 1. The van der Waals surface area contributed by atoms with Crippen LogP contribution in [0.4, 0.5) is 4.39 Å². The first kappa shape index (κ1) is 21.2. The van der Waals surface area contributed by atoms with E-state index in [2.05, 4.69) is 4.98 Å². The summed E-state index contributed by atoms with van der Waals surface area (Å²) < 4.78 is 14.4. The van der Waals surface area contributed by atoms with Crippen molar-refractivity contribution in [2.24, 2.45) is 0 Å². The molecule has 1 N–H and O–H groups in total. The Morgan fingerprint density at radius 2 is 1.81 bits per heavy atom. The van der Waals surface area contributed by atoms with E-state index in [-0.39, 0.29) is 22.8 Å². The van der Waals surface area contributed by atoms with Crippen LogP contribution in [-0.4, -0.2) is 21.8 Å². The van der Waals surface area contributed by atoms with Gasteiger partial charge in [0.15, 0.2) is 0 Å². The fourth-order valence-electron chi connectivity index (χ4n) is 3.30. The molecule has 7 heteroatoms. The summed E-state index contributed by atoms with van der Waals surface area (Å²) in [7, 11) is 0. The smallest absolute Gasteiger partial charge is 0.335 e. The highest BCUT2D eigenvalue weighted by Crippen LogP contribution is 2.30. The highest BCUT2D eigenvalue weighted by atomic mass is 35.5. The van der Waals surface area contributed by atoms with Crippen LogP contribution in [0.15, 0.2) is 60.7 Å². The molecule has 4 nitrogen and oxygen atoms in total. The quantitative estimate of drug-likeness (QED) is 0.362. The van der Waals surface area contributed by atoms with Crippen molar-refractivity contribution in [3.63, 3.8) is 0 Å². The fraction of sp³-hybridized carbons (Fsp3) is 0.125. The Morgan fingerprint density at radius 1 is 1.03 bits per heavy atom. The summed E-state index contributed by atoms with van der Waals surface area (Å²) in [4.78, 5) is 28.1. The highest BCUT2D eigenvalue weighted by Gasteiger charge is 2.12. The largest absolute Gasteiger partial charge is 0.478 e. The second-order valence-electron chi connectivity index (χ2n) is 7.14. The van der Waals surface area contributed by atoms with Crippen LogP contribution < -0.4 is 0 Å². The van der Waals surface area contributed by atoms with Gasteiger partial charge in [0.1, 0.15) is 16.6 Å². The lowest BCUT2D eigenvalue weighted by molar-refractivity contribution is -0.118. The fourth-order valence-corrected chi connectivity index (χ4v) is 4.52. The number of carboxylic acids is 1. The first-order valence-corrected chi connectivity index (χ1v) is 10.8. The molecule has 0 fully saturated rings. The van der Waals surface area contributed by atoms with Gasteiger partial charge in [-0.25, -0.2) is 14.2 Å². The van der Waals surface area contributed by atoms with Crippen molar-refractivity contribution in [1.82, 2.24) is 4.98 Å². The number of halogens is 2. The van der Waals surface area contributed by atoms with Gasteiger partial charge in [-0.05, 0) is 59.5 Å². The molecule has 31 heavy (non-hydrogen) atoms. The third kappa shape index (κ3) is 4.98. The number of fused-ring (bicyclic) bond motifs is 1. The standard InChI is InChI=1S/C24H17ClFNO3S/c25-19-11-15(5-8-20(19)26)16-6-9-21-22(12-16)31-23(27-21)13-18(28)7-4-14-2-1-3-17(10-14)24(29)30/h1-3,5-6,8-12H,4,7,13H2,(H,29,30). The van der Waals surface area contributed by atoms with Crippen molar-refractivity contribution in [2.45, 2.75) is 19.3 Å². The third-order valence-electron chi connectivity index (χ3n) is 4.90. The van der Waals surface area contributed by atoms with Gasteiger partial charge in [-0.2, -0.15) is 0 Å². The summed E-state index contributed by atoms with van der Waals surface area (Å²) in [6, 6.07) is 17.0. The number of hydrogen-bond donors (Lipinski definition) is 1. The van der Waals surface area contributed by atoms with Gasteiger partial charge in [0.25, 0.3) is 0 Å². The Bertz CT molecular complexity index is 1300. The molecular weight excluding hydrogens is 437 g/mol. The number of carboxylic acid groups (broad SMARTS) is 1. The van der Waals surface area contributed by atoms with Gasteiger partial charge in [0, 0.05) is 6.42 Å². The average Bonchev–Trinajstić information content (AvgIpc) is 3.15. The molecule has 156 valence electrons. The van der Waals surface area contributed by atoms with Gasteiger partial charge in [-0.1, -0.05) is 35.9 Å². The minimum atomic E-state index is -0.982. The Labute approximate surface area is 186 Å². The second-order valence-corrected chi connectivity index (χ2v) is 8.66. The number of nitrogens with zero attached hydrogens (tertiary/aromatic N) is 1. The number of aromatic carboxylic acids is 1. The maximum absolute atomic E-state index is 13.4. The van der Waals surface area contributed by atoms with Crippen molar-refractivity contribution in [1.29, 1.82) is 0 Å². The minimum absolute atomic E-state index is 0.0466. The van der Waals surface area contributed by atoms with Crippen LogP contribution in [0.3, 0.4) is 0 Å². The van der Waals surface area contributed by atoms with Crippen LogP contribution in [0, 0.1) is 5.82 Å². The molecule has 0 atom stereocenters. The molecule has 0 spiro atoms. The molecule has 0 saturated heterocycles. The van der Waals surface area contributed by atoms with Crippen LogP contribution in [0.1, 0.15) is 27.3 Å². The van der Waals surface area contributed by atoms with E-state index in [1.165, 1.54) is 23.5 Å². The lowest BCUT2D eigenvalue weighted by atomic mass is 10.0. The van der Waals surface area contributed by atoms with Crippen molar-refractivity contribution >= 4 is 44.9 Å². The maximum atomic E-state index is 13.4. The Hall–Kier alpha value is -3.09. The second kappa shape index (κ2) is 8.96. The van der Waals surface area contributed by atoms with Crippen molar-refractivity contribution < 1.29 is 19.1 Å². The van der Waals surface area contributed by atoms with E-state index in [1.807, 2.05) is 24.3 Å². The van der Waals surface area contributed by atoms with Crippen LogP contribution in [0.25, 0.3) is 21.3 Å². The van der Waals surface area contributed by atoms with Crippen LogP contribution >= 0.6 is 22.9 Å². The van der Waals surface area contributed by atoms with Crippen molar-refractivity contribution in [2.75, 3.05) is 0 Å². The number of aromatic nitrogens is 1. The molecule has 4 aromatic rings. The first-order chi connectivity index (χ1) is 14.9. The lowest BCUT2D eigenvalue weighted by Crippen LogP contribution is -2.05. The van der Waals surface area contributed by atoms with Crippen LogP contribution in [-0.2, 0) is 17.6 Å². The van der Waals surface area contributed by atoms with Gasteiger partial charge in [0.2, 0.25) is 0 Å². The molecule has 0 unspecified atom stereocenters. The average molecular weight is 454 g/mol. The predicted octanol–water partition coefficient (Wildman–Crippen LogP) is 6.20. The number of carbonyl (C=O) groups is 2. The topological polar surface area (TPSA) is 67.3 Å². The molecule has 0 bridgehead atoms. The summed E-state index contributed by atoms with van der Waals surface area (Å²) in [6.45, 7) is 0. The summed E-state index contributed by atoms with van der Waals surface area (Å²) in [5, 5.41) is 9.87. The van der Waals surface area contributed by atoms with E-state index in [0.717, 1.165) is 31.9 Å². The molecular formula is C24H17ClFNO3S. The van der Waals surface area contributed by atoms with Crippen molar-refractivity contribution in [3.05, 3.63) is 87.6 Å². The number of benzene rings is 3. The SMILES string of the molecule is O=C(CCc1cccc(C(=O)O)c1)Cc1nc2ccc(-c3ccc(F)c(Cl)c3)cc2s1. The number of hydrogen-bond acceptors (Lipinski definition) is 4. The van der Waals surface area contributed by atoms with Gasteiger partial charge in [0.05, 0.1) is 27.2 Å². The highest BCUT2D eigenvalue weighted by molar-refractivity contribution is 7.18. The van der Waals surface area contributed by atoms with Gasteiger partial charge in [-0.3, -0.25) is 4.79 Å². The number of carbonyl (C=O) groups excluding carboxylic acids is 1. The maximum Gasteiger partial charge on any atom is 0.335 e. The monoisotopic (exact) mass is 453 g/mol. The van der Waals surface area contributed by atoms with Crippen LogP contribution in [0.2, 0.25) is 5.02 Å². The van der Waals surface area contributed by atoms with E-state index in [9.17, 15) is 14.0 Å². The van der Waals surface area contributed by atoms with E-state index < -0.39 is 11.8 Å². The number of aryl methyl sites for hydroxylation is 1. The normalized spacial score (nSPS) is 11.0. The molecule has 1 heterocycles. The number of Topliss-reactive ketones (excluding diaryl/α,β-unsaturated/α-hetero) is 1. The minimum Gasteiger partial charge on any atom is -0.478 e. The van der Waals surface area contributed by atoms with Gasteiger partial charge < -0.3 is 5.11 Å². The third-order valence-corrected chi connectivity index (χ3v) is 6.21. The zero-order chi connectivity index (χ0) is 22.0. The van der Waals surface area contributed by atoms with E-state index in [4.69, 9.17) is 16.7 Å². The molecule has 0 amide bonds. The molecule has 0 aliphatic rings. The predicted molar refractivity (Wildman–Crippen MR) is 120 cm³/mol. The number of rotatable bonds is 7. The van der Waals surface area contributed by atoms with Gasteiger partial charge >= 0.3 is 5.97 Å². The molecule has 0 aliphatic heterocycles. The molecule has 0 saturated carbocycles. The molecule has 4 rings (SSSR count). The molecule has 3 aromatic carbocycles. The van der Waals surface area contributed by atoms with Gasteiger partial charge in [-0.15, -0.1) is 11.3 Å². The Balaban J connectivity index is 1.45. The van der Waals surface area contributed by atoms with E-state index >= 15 is 0 Å². The van der Waals surface area contributed by atoms with Crippen molar-refractivity contribution in [3.8, 4) is 11.1 Å².